The van der Waals surface area contributed by atoms with E-state index in [4.69, 9.17) is 0 Å². The minimum Gasteiger partial charge on any atom is -0.373 e. The monoisotopic (exact) mass is 256 g/mol. The van der Waals surface area contributed by atoms with Crippen LogP contribution in [0.15, 0.2) is 24.3 Å². The number of hydrogen-bond acceptors (Lipinski definition) is 2. The third kappa shape index (κ3) is 1.92. The number of nitrogens with one attached hydrogen (secondary N) is 2. The molecular weight excluding hydrogens is 236 g/mol. The highest BCUT2D eigenvalue weighted by molar-refractivity contribution is 5.87. The zero-order chi connectivity index (χ0) is 12.8. The van der Waals surface area contributed by atoms with E-state index in [0.29, 0.717) is 6.04 Å². The molecule has 3 heteroatoms. The summed E-state index contributed by atoms with van der Waals surface area (Å²) in [7, 11) is 0. The number of hydrogen-bond donors (Lipinski definition) is 2. The molecule has 1 aromatic carbocycles. The highest BCUT2D eigenvalue weighted by Gasteiger charge is 2.41. The van der Waals surface area contributed by atoms with E-state index in [1.165, 1.54) is 31.2 Å². The van der Waals surface area contributed by atoms with E-state index >= 15 is 0 Å². The van der Waals surface area contributed by atoms with Gasteiger partial charge in [-0.3, -0.25) is 4.79 Å². The Kier molecular flexibility index (Phi) is 2.54. The van der Waals surface area contributed by atoms with E-state index in [2.05, 4.69) is 22.8 Å². The molecule has 1 amide bonds. The van der Waals surface area contributed by atoms with E-state index < -0.39 is 0 Å². The van der Waals surface area contributed by atoms with Crippen molar-refractivity contribution in [2.45, 2.75) is 44.2 Å². The van der Waals surface area contributed by atoms with Crippen LogP contribution in [-0.4, -0.2) is 18.0 Å². The average Bonchev–Trinajstić information content (AvgIpc) is 3.12. The first-order valence-electron chi connectivity index (χ1n) is 7.44. The van der Waals surface area contributed by atoms with E-state index in [1.54, 1.807) is 0 Å². The van der Waals surface area contributed by atoms with E-state index in [-0.39, 0.29) is 11.9 Å². The normalized spacial score (nSPS) is 34.9. The predicted octanol–water partition coefficient (Wildman–Crippen LogP) is 2.33. The molecule has 1 aromatic rings. The van der Waals surface area contributed by atoms with Crippen LogP contribution in [0.4, 0.5) is 5.69 Å². The van der Waals surface area contributed by atoms with E-state index in [0.717, 1.165) is 23.9 Å². The van der Waals surface area contributed by atoms with Crippen LogP contribution in [0.1, 0.15) is 31.2 Å². The molecule has 3 nitrogen and oxygen atoms in total. The number of fused-ring (bicyclic) bond motifs is 3. The van der Waals surface area contributed by atoms with Crippen LogP contribution in [0.3, 0.4) is 0 Å². The maximum absolute atomic E-state index is 12.4. The number of anilines is 1. The van der Waals surface area contributed by atoms with Gasteiger partial charge < -0.3 is 10.6 Å². The molecule has 0 aromatic heterocycles. The van der Waals surface area contributed by atoms with E-state index in [9.17, 15) is 4.79 Å². The second-order valence-electron chi connectivity index (χ2n) is 6.35. The SMILES string of the molecule is O=C(NC1CC2CCC1C2)[C@@H]1Cc2ccccc2N1. The molecule has 100 valence electrons. The van der Waals surface area contributed by atoms with Crippen molar-refractivity contribution < 1.29 is 4.79 Å². The van der Waals surface area contributed by atoms with Gasteiger partial charge in [-0.2, -0.15) is 0 Å². The minimum atomic E-state index is -0.0727. The van der Waals surface area contributed by atoms with Gasteiger partial charge in [0, 0.05) is 18.2 Å². The van der Waals surface area contributed by atoms with Gasteiger partial charge in [-0.15, -0.1) is 0 Å². The molecule has 3 aliphatic rings. The van der Waals surface area contributed by atoms with Crippen molar-refractivity contribution in [3.63, 3.8) is 0 Å². The van der Waals surface area contributed by atoms with Crippen LogP contribution >= 0.6 is 0 Å². The molecule has 3 unspecified atom stereocenters. The lowest BCUT2D eigenvalue weighted by molar-refractivity contribution is -0.122. The summed E-state index contributed by atoms with van der Waals surface area (Å²) in [5.41, 5.74) is 2.38. The quantitative estimate of drug-likeness (QED) is 0.852. The van der Waals surface area contributed by atoms with Crippen LogP contribution in [0.5, 0.6) is 0 Å². The smallest absolute Gasteiger partial charge is 0.243 e. The predicted molar refractivity (Wildman–Crippen MR) is 74.9 cm³/mol. The molecular formula is C16H20N2O. The molecule has 2 N–H and O–H groups in total. The fraction of sp³-hybridized carbons (Fsp3) is 0.562. The number of para-hydroxylation sites is 1. The topological polar surface area (TPSA) is 41.1 Å². The Balaban J connectivity index is 1.40. The van der Waals surface area contributed by atoms with Crippen molar-refractivity contribution >= 4 is 11.6 Å². The van der Waals surface area contributed by atoms with Crippen LogP contribution in [0, 0.1) is 11.8 Å². The zero-order valence-corrected chi connectivity index (χ0v) is 11.1. The second-order valence-corrected chi connectivity index (χ2v) is 6.35. The molecule has 2 aliphatic carbocycles. The van der Waals surface area contributed by atoms with Crippen molar-refractivity contribution in [1.82, 2.24) is 5.32 Å². The Bertz CT molecular complexity index is 488. The molecule has 2 saturated carbocycles. The van der Waals surface area contributed by atoms with Crippen molar-refractivity contribution in [3.05, 3.63) is 29.8 Å². The molecule has 19 heavy (non-hydrogen) atoms. The van der Waals surface area contributed by atoms with Gasteiger partial charge in [-0.1, -0.05) is 24.6 Å². The van der Waals surface area contributed by atoms with Crippen LogP contribution < -0.4 is 10.6 Å². The zero-order valence-electron chi connectivity index (χ0n) is 11.1. The Morgan fingerprint density at radius 1 is 1.21 bits per heavy atom. The number of amides is 1. The summed E-state index contributed by atoms with van der Waals surface area (Å²) in [5.74, 6) is 1.82. The van der Waals surface area contributed by atoms with Crippen LogP contribution in [0.25, 0.3) is 0 Å². The van der Waals surface area contributed by atoms with Gasteiger partial charge in [-0.05, 0) is 42.7 Å². The summed E-state index contributed by atoms with van der Waals surface area (Å²) in [6.45, 7) is 0. The van der Waals surface area contributed by atoms with Crippen molar-refractivity contribution in [2.75, 3.05) is 5.32 Å². The van der Waals surface area contributed by atoms with Gasteiger partial charge in [0.15, 0.2) is 0 Å². The summed E-state index contributed by atoms with van der Waals surface area (Å²) < 4.78 is 0. The summed E-state index contributed by atoms with van der Waals surface area (Å²) in [6.07, 6.45) is 6.06. The third-order valence-electron chi connectivity index (χ3n) is 5.15. The number of rotatable bonds is 2. The lowest BCUT2D eigenvalue weighted by Gasteiger charge is -2.24. The molecule has 1 aliphatic heterocycles. The molecule has 0 radical (unpaired) electrons. The van der Waals surface area contributed by atoms with Gasteiger partial charge in [0.05, 0.1) is 0 Å². The van der Waals surface area contributed by atoms with Gasteiger partial charge in [0.2, 0.25) is 5.91 Å². The van der Waals surface area contributed by atoms with Crippen molar-refractivity contribution in [1.29, 1.82) is 0 Å². The van der Waals surface area contributed by atoms with Crippen LogP contribution in [0.2, 0.25) is 0 Å². The highest BCUT2D eigenvalue weighted by Crippen LogP contribution is 2.44. The highest BCUT2D eigenvalue weighted by atomic mass is 16.2. The molecule has 2 bridgehead atoms. The molecule has 0 spiro atoms. The summed E-state index contributed by atoms with van der Waals surface area (Å²) in [6, 6.07) is 8.58. The maximum atomic E-state index is 12.4. The first-order chi connectivity index (χ1) is 9.29. The fourth-order valence-electron chi connectivity index (χ4n) is 4.16. The Morgan fingerprint density at radius 2 is 2.11 bits per heavy atom. The van der Waals surface area contributed by atoms with E-state index in [1.807, 2.05) is 12.1 Å². The Labute approximate surface area is 113 Å². The molecule has 4 rings (SSSR count). The van der Waals surface area contributed by atoms with Gasteiger partial charge in [0.1, 0.15) is 6.04 Å². The number of carbonyl (C=O) groups is 1. The van der Waals surface area contributed by atoms with Gasteiger partial charge in [-0.25, -0.2) is 0 Å². The number of benzene rings is 1. The third-order valence-corrected chi connectivity index (χ3v) is 5.15. The van der Waals surface area contributed by atoms with Crippen LogP contribution in [-0.2, 0) is 11.2 Å². The van der Waals surface area contributed by atoms with Crippen molar-refractivity contribution in [2.24, 2.45) is 11.8 Å². The summed E-state index contributed by atoms with van der Waals surface area (Å²) >= 11 is 0. The lowest BCUT2D eigenvalue weighted by atomic mass is 9.95. The van der Waals surface area contributed by atoms with Gasteiger partial charge >= 0.3 is 0 Å². The first-order valence-corrected chi connectivity index (χ1v) is 7.44. The molecule has 2 fully saturated rings. The fourth-order valence-corrected chi connectivity index (χ4v) is 4.16. The Hall–Kier alpha value is -1.51. The summed E-state index contributed by atoms with van der Waals surface area (Å²) in [5, 5.41) is 6.63. The minimum absolute atomic E-state index is 0.0727. The number of carbonyl (C=O) groups excluding carboxylic acids is 1. The first kappa shape index (κ1) is 11.3. The summed E-state index contributed by atoms with van der Waals surface area (Å²) in [4.78, 5) is 12.4. The second kappa shape index (κ2) is 4.26. The Morgan fingerprint density at radius 3 is 2.84 bits per heavy atom. The standard InChI is InChI=1S/C16H20N2O/c19-16(18-14-8-10-5-6-12(14)7-10)15-9-11-3-1-2-4-13(11)17-15/h1-4,10,12,14-15,17H,5-9H2,(H,18,19)/t10?,12?,14?,15-/m0/s1. The van der Waals surface area contributed by atoms with Crippen molar-refractivity contribution in [3.8, 4) is 0 Å². The van der Waals surface area contributed by atoms with Gasteiger partial charge in [0.25, 0.3) is 0 Å². The molecule has 4 atom stereocenters. The molecule has 1 heterocycles. The largest absolute Gasteiger partial charge is 0.373 e. The average molecular weight is 256 g/mol. The lowest BCUT2D eigenvalue weighted by Crippen LogP contribution is -2.45. The molecule has 0 saturated heterocycles. The maximum Gasteiger partial charge on any atom is 0.243 e.